The maximum Gasteiger partial charge on any atom is 0.259 e. The Morgan fingerprint density at radius 2 is 2.27 bits per heavy atom. The van der Waals surface area contributed by atoms with Crippen LogP contribution in [0.3, 0.4) is 0 Å². The van der Waals surface area contributed by atoms with Gasteiger partial charge < -0.3 is 9.67 Å². The Labute approximate surface area is 89.0 Å². The molecule has 0 aromatic carbocycles. The van der Waals surface area contributed by atoms with Crippen LogP contribution in [-0.4, -0.2) is 35.7 Å². The maximum atomic E-state index is 11.6. The lowest BCUT2D eigenvalue weighted by atomic mass is 10.4. The summed E-state index contributed by atoms with van der Waals surface area (Å²) >= 11 is 0. The van der Waals surface area contributed by atoms with E-state index < -0.39 is 16.1 Å². The van der Waals surface area contributed by atoms with Crippen LogP contribution >= 0.6 is 0 Å². The largest absolute Gasteiger partial charge is 0.392 e. The molecule has 1 aromatic rings. The number of sulfonamides is 1. The third-order valence-electron chi connectivity index (χ3n) is 1.93. The van der Waals surface area contributed by atoms with Gasteiger partial charge in [0.1, 0.15) is 5.82 Å². The van der Waals surface area contributed by atoms with Crippen LogP contribution in [0.4, 0.5) is 0 Å². The Morgan fingerprint density at radius 3 is 2.67 bits per heavy atom. The first-order valence-electron chi connectivity index (χ1n) is 4.50. The molecule has 0 saturated heterocycles. The molecule has 7 heteroatoms. The van der Waals surface area contributed by atoms with Gasteiger partial charge in [-0.3, -0.25) is 0 Å². The molecule has 0 amide bonds. The Balaban J connectivity index is 2.87. The number of aryl methyl sites for hydroxylation is 2. The van der Waals surface area contributed by atoms with Crippen molar-refractivity contribution in [2.75, 3.05) is 6.54 Å². The fourth-order valence-corrected chi connectivity index (χ4v) is 2.12. The summed E-state index contributed by atoms with van der Waals surface area (Å²) in [6, 6.07) is 0. The van der Waals surface area contributed by atoms with E-state index >= 15 is 0 Å². The molecule has 0 bridgehead atoms. The fraction of sp³-hybridized carbons (Fsp3) is 0.625. The second kappa shape index (κ2) is 4.30. The molecule has 0 spiro atoms. The van der Waals surface area contributed by atoms with Crippen molar-refractivity contribution < 1.29 is 13.5 Å². The van der Waals surface area contributed by atoms with Gasteiger partial charge >= 0.3 is 0 Å². The molecule has 15 heavy (non-hydrogen) atoms. The molecule has 1 rings (SSSR count). The van der Waals surface area contributed by atoms with Crippen LogP contribution in [-0.2, 0) is 17.1 Å². The van der Waals surface area contributed by atoms with E-state index in [0.29, 0.717) is 5.82 Å². The Hall–Kier alpha value is -0.920. The molecule has 0 aliphatic carbocycles. The topological polar surface area (TPSA) is 84.2 Å². The lowest BCUT2D eigenvalue weighted by Gasteiger charge is -2.05. The predicted octanol–water partition coefficient (Wildman–Crippen LogP) is -0.612. The van der Waals surface area contributed by atoms with Crippen molar-refractivity contribution in [1.29, 1.82) is 0 Å². The highest BCUT2D eigenvalue weighted by Gasteiger charge is 2.18. The van der Waals surface area contributed by atoms with Crippen LogP contribution in [0.25, 0.3) is 0 Å². The minimum Gasteiger partial charge on any atom is -0.392 e. The van der Waals surface area contributed by atoms with E-state index in [1.807, 2.05) is 0 Å². The highest BCUT2D eigenvalue weighted by molar-refractivity contribution is 7.89. The molecule has 0 unspecified atom stereocenters. The Kier molecular flexibility index (Phi) is 3.48. The number of aliphatic hydroxyl groups excluding tert-OH is 1. The summed E-state index contributed by atoms with van der Waals surface area (Å²) in [5.41, 5.74) is 0. The molecule has 2 N–H and O–H groups in total. The molecule has 6 nitrogen and oxygen atoms in total. The molecular weight excluding hydrogens is 218 g/mol. The van der Waals surface area contributed by atoms with E-state index in [4.69, 9.17) is 5.11 Å². The molecular formula is C8H15N3O3S. The van der Waals surface area contributed by atoms with E-state index in [0.717, 1.165) is 0 Å². The molecule has 1 aromatic heterocycles. The van der Waals surface area contributed by atoms with Gasteiger partial charge in [0.05, 0.1) is 6.10 Å². The Morgan fingerprint density at radius 1 is 1.67 bits per heavy atom. The average Bonchev–Trinajstić information content (AvgIpc) is 2.45. The number of nitrogens with zero attached hydrogens (tertiary/aromatic N) is 2. The first-order chi connectivity index (χ1) is 6.83. The van der Waals surface area contributed by atoms with Crippen LogP contribution in [0.15, 0.2) is 11.2 Å². The lowest BCUT2D eigenvalue weighted by molar-refractivity contribution is 0.198. The van der Waals surface area contributed by atoms with Crippen LogP contribution < -0.4 is 4.72 Å². The van der Waals surface area contributed by atoms with Gasteiger partial charge in [0.15, 0.2) is 5.03 Å². The fourth-order valence-electron chi connectivity index (χ4n) is 0.960. The molecule has 1 heterocycles. The quantitative estimate of drug-likeness (QED) is 0.726. The number of aliphatic hydroxyl groups is 1. The van der Waals surface area contributed by atoms with Crippen molar-refractivity contribution in [1.82, 2.24) is 14.3 Å². The van der Waals surface area contributed by atoms with E-state index in [9.17, 15) is 8.42 Å². The number of aromatic nitrogens is 2. The van der Waals surface area contributed by atoms with Crippen molar-refractivity contribution >= 4 is 10.0 Å². The molecule has 1 atom stereocenters. The minimum absolute atomic E-state index is 0.0159. The van der Waals surface area contributed by atoms with Crippen molar-refractivity contribution in [3.63, 3.8) is 0 Å². The van der Waals surface area contributed by atoms with Gasteiger partial charge in [-0.2, -0.15) is 0 Å². The zero-order valence-electron chi connectivity index (χ0n) is 8.93. The molecule has 0 aliphatic heterocycles. The molecule has 0 radical (unpaired) electrons. The van der Waals surface area contributed by atoms with Crippen molar-refractivity contribution in [2.24, 2.45) is 7.05 Å². The second-order valence-electron chi connectivity index (χ2n) is 3.44. The summed E-state index contributed by atoms with van der Waals surface area (Å²) in [6.07, 6.45) is 0.712. The van der Waals surface area contributed by atoms with Gasteiger partial charge in [0.2, 0.25) is 0 Å². The van der Waals surface area contributed by atoms with Crippen molar-refractivity contribution in [3.8, 4) is 0 Å². The molecule has 0 fully saturated rings. The van der Waals surface area contributed by atoms with E-state index in [2.05, 4.69) is 9.71 Å². The number of imidazole rings is 1. The normalized spacial score (nSPS) is 14.1. The van der Waals surface area contributed by atoms with Gasteiger partial charge in [0.25, 0.3) is 10.0 Å². The Bertz CT molecular complexity index is 416. The minimum atomic E-state index is -3.60. The van der Waals surface area contributed by atoms with Gasteiger partial charge in [-0.25, -0.2) is 18.1 Å². The summed E-state index contributed by atoms with van der Waals surface area (Å²) in [6.45, 7) is 3.21. The van der Waals surface area contributed by atoms with Gasteiger partial charge in [-0.15, -0.1) is 0 Å². The zero-order valence-corrected chi connectivity index (χ0v) is 9.74. The maximum absolute atomic E-state index is 11.6. The molecule has 86 valence electrons. The van der Waals surface area contributed by atoms with Crippen LogP contribution in [0, 0.1) is 6.92 Å². The number of hydrogen-bond donors (Lipinski definition) is 2. The zero-order chi connectivity index (χ0) is 11.6. The van der Waals surface area contributed by atoms with E-state index in [-0.39, 0.29) is 11.6 Å². The van der Waals surface area contributed by atoms with Crippen LogP contribution in [0.1, 0.15) is 12.7 Å². The summed E-state index contributed by atoms with van der Waals surface area (Å²) in [5.74, 6) is 0.618. The predicted molar refractivity (Wildman–Crippen MR) is 54.8 cm³/mol. The standard InChI is InChI=1S/C8H15N3O3S/c1-6(12)4-9-15(13,14)8-5-11(3)7(2)10-8/h5-6,9,12H,4H2,1-3H3/t6-/m1/s1. The summed E-state index contributed by atoms with van der Waals surface area (Å²) in [5, 5.41) is 8.94. The van der Waals surface area contributed by atoms with E-state index in [1.165, 1.54) is 13.1 Å². The second-order valence-corrected chi connectivity index (χ2v) is 5.15. The highest BCUT2D eigenvalue weighted by atomic mass is 32.2. The van der Waals surface area contributed by atoms with Gasteiger partial charge in [-0.1, -0.05) is 0 Å². The van der Waals surface area contributed by atoms with E-state index in [1.54, 1.807) is 18.5 Å². The first kappa shape index (κ1) is 12.2. The van der Waals surface area contributed by atoms with Crippen LogP contribution in [0.5, 0.6) is 0 Å². The average molecular weight is 233 g/mol. The molecule has 0 aliphatic rings. The third-order valence-corrected chi connectivity index (χ3v) is 3.22. The van der Waals surface area contributed by atoms with Crippen molar-refractivity contribution in [2.45, 2.75) is 25.0 Å². The van der Waals surface area contributed by atoms with Crippen molar-refractivity contribution in [3.05, 3.63) is 12.0 Å². The van der Waals surface area contributed by atoms with Gasteiger partial charge in [-0.05, 0) is 13.8 Å². The number of rotatable bonds is 4. The lowest BCUT2D eigenvalue weighted by Crippen LogP contribution is -2.30. The van der Waals surface area contributed by atoms with Crippen LogP contribution in [0.2, 0.25) is 0 Å². The van der Waals surface area contributed by atoms with Gasteiger partial charge in [0, 0.05) is 19.8 Å². The highest BCUT2D eigenvalue weighted by Crippen LogP contribution is 2.06. The molecule has 0 saturated carbocycles. The number of hydrogen-bond acceptors (Lipinski definition) is 4. The third kappa shape index (κ3) is 3.01. The summed E-state index contributed by atoms with van der Waals surface area (Å²) < 4.78 is 27.1. The number of nitrogens with one attached hydrogen (secondary N) is 1. The summed E-state index contributed by atoms with van der Waals surface area (Å²) in [4.78, 5) is 3.89. The summed E-state index contributed by atoms with van der Waals surface area (Å²) in [7, 11) is -1.88. The smallest absolute Gasteiger partial charge is 0.259 e. The first-order valence-corrected chi connectivity index (χ1v) is 5.99. The SMILES string of the molecule is Cc1nc(S(=O)(=O)NC[C@@H](C)O)cn1C. The monoisotopic (exact) mass is 233 g/mol.